The van der Waals surface area contributed by atoms with Crippen molar-refractivity contribution in [2.24, 2.45) is 0 Å². The standard InChI is InChI=1S/C12H24O2.C8H6O5.ClH/c1-2-3-4-5-6-7-8-9-10-11-12(13)14;9-6-2-4(7(10)11)1-5(3-6)8(12)13;/h2-11H2,1H3,(H,13,14);1-3,9H,(H,10,11)(H,12,13);1H. The third-order valence-electron chi connectivity index (χ3n) is 3.91. The fourth-order valence-corrected chi connectivity index (χ4v) is 2.45. The Bertz CT molecular complexity index is 570. The predicted octanol–water partition coefficient (Wildman–Crippen LogP) is 5.20. The molecule has 0 saturated heterocycles. The number of carbonyl (C=O) groups is 3. The quantitative estimate of drug-likeness (QED) is 0.343. The zero-order valence-electron chi connectivity index (χ0n) is 16.2. The van der Waals surface area contributed by atoms with Gasteiger partial charge in [-0.15, -0.1) is 12.4 Å². The van der Waals surface area contributed by atoms with Gasteiger partial charge in [0.05, 0.1) is 11.1 Å². The van der Waals surface area contributed by atoms with Gasteiger partial charge in [0.1, 0.15) is 5.75 Å². The van der Waals surface area contributed by atoms with Gasteiger partial charge in [-0.25, -0.2) is 9.59 Å². The van der Waals surface area contributed by atoms with Gasteiger partial charge in [0.15, 0.2) is 0 Å². The van der Waals surface area contributed by atoms with Gasteiger partial charge < -0.3 is 20.4 Å². The molecule has 0 unspecified atom stereocenters. The minimum atomic E-state index is -1.28. The number of benzene rings is 1. The van der Waals surface area contributed by atoms with Crippen LogP contribution in [-0.2, 0) is 4.79 Å². The second-order valence-electron chi connectivity index (χ2n) is 6.35. The summed E-state index contributed by atoms with van der Waals surface area (Å²) in [5, 5.41) is 34.4. The highest BCUT2D eigenvalue weighted by Gasteiger charge is 2.10. The molecule has 28 heavy (non-hydrogen) atoms. The lowest BCUT2D eigenvalue weighted by Gasteiger charge is -2.00. The molecule has 0 fully saturated rings. The van der Waals surface area contributed by atoms with E-state index in [0.717, 1.165) is 31.0 Å². The number of aromatic carboxylic acids is 2. The van der Waals surface area contributed by atoms with Gasteiger partial charge in [-0.05, 0) is 24.6 Å². The van der Waals surface area contributed by atoms with Crippen LogP contribution < -0.4 is 0 Å². The zero-order valence-corrected chi connectivity index (χ0v) is 17.0. The molecule has 0 spiro atoms. The van der Waals surface area contributed by atoms with E-state index in [2.05, 4.69) is 6.92 Å². The lowest BCUT2D eigenvalue weighted by molar-refractivity contribution is -0.137. The van der Waals surface area contributed by atoms with Gasteiger partial charge in [0.25, 0.3) is 0 Å². The number of halogens is 1. The van der Waals surface area contributed by atoms with Crippen molar-refractivity contribution in [1.29, 1.82) is 0 Å². The number of aromatic hydroxyl groups is 1. The largest absolute Gasteiger partial charge is 0.508 e. The first-order valence-electron chi connectivity index (χ1n) is 9.30. The van der Waals surface area contributed by atoms with E-state index in [1.807, 2.05) is 0 Å². The van der Waals surface area contributed by atoms with Crippen molar-refractivity contribution in [3.8, 4) is 5.75 Å². The van der Waals surface area contributed by atoms with E-state index in [-0.39, 0.29) is 29.3 Å². The van der Waals surface area contributed by atoms with Gasteiger partial charge in [-0.1, -0.05) is 58.3 Å². The lowest BCUT2D eigenvalue weighted by atomic mass is 10.1. The zero-order chi connectivity index (χ0) is 20.7. The van der Waals surface area contributed by atoms with Crippen LogP contribution >= 0.6 is 12.4 Å². The Balaban J connectivity index is 0. The molecule has 1 rings (SSSR count). The summed E-state index contributed by atoms with van der Waals surface area (Å²) in [7, 11) is 0. The van der Waals surface area contributed by atoms with Gasteiger partial charge >= 0.3 is 17.9 Å². The second kappa shape index (κ2) is 16.9. The normalized spacial score (nSPS) is 9.61. The summed E-state index contributed by atoms with van der Waals surface area (Å²) >= 11 is 0. The Morgan fingerprint density at radius 1 is 0.714 bits per heavy atom. The first kappa shape index (κ1) is 27.9. The van der Waals surface area contributed by atoms with Gasteiger partial charge in [-0.2, -0.15) is 0 Å². The second-order valence-corrected chi connectivity index (χ2v) is 6.35. The van der Waals surface area contributed by atoms with Crippen LogP contribution in [0.25, 0.3) is 0 Å². The van der Waals surface area contributed by atoms with Crippen LogP contribution in [0.15, 0.2) is 18.2 Å². The van der Waals surface area contributed by atoms with E-state index < -0.39 is 17.9 Å². The maximum Gasteiger partial charge on any atom is 0.335 e. The Kier molecular flexibility index (Phi) is 16.8. The van der Waals surface area contributed by atoms with Crippen molar-refractivity contribution >= 4 is 30.3 Å². The molecule has 7 nitrogen and oxygen atoms in total. The van der Waals surface area contributed by atoms with Crippen LogP contribution in [0, 0.1) is 0 Å². The molecule has 0 aliphatic heterocycles. The number of hydrogen-bond acceptors (Lipinski definition) is 4. The highest BCUT2D eigenvalue weighted by molar-refractivity contribution is 5.94. The molecule has 1 aromatic rings. The SMILES string of the molecule is CCCCCCCCCCCC(=O)O.Cl.O=C(O)c1cc(O)cc(C(=O)O)c1. The van der Waals surface area contributed by atoms with Gasteiger partial charge in [0.2, 0.25) is 0 Å². The number of hydrogen-bond donors (Lipinski definition) is 4. The fraction of sp³-hybridized carbons (Fsp3) is 0.550. The average Bonchev–Trinajstić information content (AvgIpc) is 2.60. The van der Waals surface area contributed by atoms with Crippen molar-refractivity contribution in [2.75, 3.05) is 0 Å². The molecule has 4 N–H and O–H groups in total. The monoisotopic (exact) mass is 418 g/mol. The average molecular weight is 419 g/mol. The smallest absolute Gasteiger partial charge is 0.335 e. The maximum absolute atomic E-state index is 10.4. The van der Waals surface area contributed by atoms with Crippen LogP contribution in [0.5, 0.6) is 5.75 Å². The summed E-state index contributed by atoms with van der Waals surface area (Å²) in [6.07, 6.45) is 11.5. The number of phenols is 1. The Morgan fingerprint density at radius 3 is 1.46 bits per heavy atom. The molecule has 0 atom stereocenters. The number of phenolic OH excluding ortho intramolecular Hbond substituents is 1. The van der Waals surface area contributed by atoms with Crippen molar-refractivity contribution in [3.63, 3.8) is 0 Å². The number of rotatable bonds is 12. The molecular formula is C20H31ClO7. The van der Waals surface area contributed by atoms with Crippen LogP contribution in [-0.4, -0.2) is 38.3 Å². The molecule has 0 saturated carbocycles. The Labute approximate surface area is 171 Å². The number of carboxylic acids is 3. The topological polar surface area (TPSA) is 132 Å². The van der Waals surface area contributed by atoms with Crippen LogP contribution in [0.1, 0.15) is 91.8 Å². The molecule has 0 amide bonds. The molecule has 0 aromatic heterocycles. The highest BCUT2D eigenvalue weighted by Crippen LogP contribution is 2.15. The number of aliphatic carboxylic acids is 1. The predicted molar refractivity (Wildman–Crippen MR) is 109 cm³/mol. The Morgan fingerprint density at radius 2 is 1.11 bits per heavy atom. The molecule has 1 aromatic carbocycles. The summed E-state index contributed by atoms with van der Waals surface area (Å²) in [5.74, 6) is -3.60. The summed E-state index contributed by atoms with van der Waals surface area (Å²) < 4.78 is 0. The Hall–Kier alpha value is -2.28. The first-order chi connectivity index (χ1) is 12.8. The lowest BCUT2D eigenvalue weighted by Crippen LogP contribution is -2.01. The van der Waals surface area contributed by atoms with E-state index in [0.29, 0.717) is 6.42 Å². The van der Waals surface area contributed by atoms with Crippen molar-refractivity contribution in [1.82, 2.24) is 0 Å². The van der Waals surface area contributed by atoms with E-state index in [1.54, 1.807) is 0 Å². The number of unbranched alkanes of at least 4 members (excludes halogenated alkanes) is 8. The summed E-state index contributed by atoms with van der Waals surface area (Å²) in [4.78, 5) is 31.1. The summed E-state index contributed by atoms with van der Waals surface area (Å²) in [5.41, 5.74) is -0.505. The van der Waals surface area contributed by atoms with E-state index in [4.69, 9.17) is 20.4 Å². The molecule has 0 aliphatic rings. The minimum Gasteiger partial charge on any atom is -0.508 e. The van der Waals surface area contributed by atoms with Crippen LogP contribution in [0.3, 0.4) is 0 Å². The van der Waals surface area contributed by atoms with Crippen molar-refractivity contribution in [3.05, 3.63) is 29.3 Å². The summed E-state index contributed by atoms with van der Waals surface area (Å²) in [6, 6.07) is 2.94. The minimum absolute atomic E-state index is 0. The molecule has 8 heteroatoms. The molecule has 0 aliphatic carbocycles. The number of carboxylic acid groups (broad SMARTS) is 3. The molecule has 0 radical (unpaired) electrons. The van der Waals surface area contributed by atoms with E-state index >= 15 is 0 Å². The van der Waals surface area contributed by atoms with Gasteiger partial charge in [0, 0.05) is 6.42 Å². The summed E-state index contributed by atoms with van der Waals surface area (Å²) in [6.45, 7) is 2.23. The van der Waals surface area contributed by atoms with Crippen LogP contribution in [0.2, 0.25) is 0 Å². The molecule has 160 valence electrons. The van der Waals surface area contributed by atoms with Crippen molar-refractivity contribution < 1.29 is 34.8 Å². The molecule has 0 bridgehead atoms. The maximum atomic E-state index is 10.4. The third-order valence-corrected chi connectivity index (χ3v) is 3.91. The fourth-order valence-electron chi connectivity index (χ4n) is 2.45. The van der Waals surface area contributed by atoms with Crippen LogP contribution in [0.4, 0.5) is 0 Å². The highest BCUT2D eigenvalue weighted by atomic mass is 35.5. The van der Waals surface area contributed by atoms with Crippen molar-refractivity contribution in [2.45, 2.75) is 71.1 Å². The van der Waals surface area contributed by atoms with E-state index in [1.165, 1.54) is 44.9 Å². The molecule has 0 heterocycles. The third kappa shape index (κ3) is 14.8. The van der Waals surface area contributed by atoms with E-state index in [9.17, 15) is 14.4 Å². The van der Waals surface area contributed by atoms with Gasteiger partial charge in [-0.3, -0.25) is 4.79 Å². The molecular weight excluding hydrogens is 388 g/mol. The first-order valence-corrected chi connectivity index (χ1v) is 9.30.